The minimum Gasteiger partial charge on any atom is -0.343 e. The maximum atomic E-state index is 12.6. The highest BCUT2D eigenvalue weighted by atomic mass is 32.2. The van der Waals surface area contributed by atoms with Crippen molar-refractivity contribution in [1.82, 2.24) is 14.5 Å². The average Bonchev–Trinajstić information content (AvgIpc) is 2.63. The van der Waals surface area contributed by atoms with Crippen LogP contribution in [0.4, 0.5) is 0 Å². The van der Waals surface area contributed by atoms with Crippen molar-refractivity contribution in [2.24, 2.45) is 0 Å². The highest BCUT2D eigenvalue weighted by Gasteiger charge is 2.25. The molecule has 1 aliphatic rings. The van der Waals surface area contributed by atoms with E-state index in [2.05, 4.69) is 4.72 Å². The monoisotopic (exact) mass is 381 g/mol. The van der Waals surface area contributed by atoms with Crippen LogP contribution in [0.2, 0.25) is 0 Å². The van der Waals surface area contributed by atoms with Crippen LogP contribution in [0.3, 0.4) is 0 Å². The van der Waals surface area contributed by atoms with Crippen LogP contribution in [0.25, 0.3) is 0 Å². The molecular weight excluding hydrogens is 354 g/mol. The molecule has 0 unspecified atom stereocenters. The van der Waals surface area contributed by atoms with Gasteiger partial charge in [0.05, 0.1) is 4.90 Å². The zero-order valence-corrected chi connectivity index (χ0v) is 16.4. The second-order valence-corrected chi connectivity index (χ2v) is 8.12. The van der Waals surface area contributed by atoms with Crippen LogP contribution < -0.4 is 4.72 Å². The summed E-state index contributed by atoms with van der Waals surface area (Å²) in [5, 5.41) is 0. The molecule has 0 aromatic heterocycles. The quantitative estimate of drug-likeness (QED) is 0.808. The van der Waals surface area contributed by atoms with E-state index < -0.39 is 10.0 Å². The smallest absolute Gasteiger partial charge is 0.253 e. The third-order valence-electron chi connectivity index (χ3n) is 4.72. The number of rotatable bonds is 6. The van der Waals surface area contributed by atoms with Crippen LogP contribution in [0.15, 0.2) is 29.2 Å². The molecule has 8 heteroatoms. The van der Waals surface area contributed by atoms with Gasteiger partial charge in [-0.1, -0.05) is 0 Å². The van der Waals surface area contributed by atoms with Crippen LogP contribution in [-0.4, -0.2) is 62.3 Å². The topological polar surface area (TPSA) is 86.8 Å². The highest BCUT2D eigenvalue weighted by Crippen LogP contribution is 2.16. The van der Waals surface area contributed by atoms with Gasteiger partial charge in [0.2, 0.25) is 15.9 Å². The molecule has 2 rings (SSSR count). The van der Waals surface area contributed by atoms with Crippen molar-refractivity contribution in [3.8, 4) is 0 Å². The zero-order valence-electron chi connectivity index (χ0n) is 15.6. The summed E-state index contributed by atoms with van der Waals surface area (Å²) in [5.41, 5.74) is 0.474. The van der Waals surface area contributed by atoms with Gasteiger partial charge in [-0.15, -0.1) is 0 Å². The van der Waals surface area contributed by atoms with Gasteiger partial charge in [0.15, 0.2) is 0 Å². The molecule has 1 heterocycles. The molecule has 0 radical (unpaired) electrons. The third kappa shape index (κ3) is 4.82. The SMILES string of the molecule is CCN(CC)C(=O)c1ccc(S(=O)(=O)NC2CCN(C(C)=O)CC2)cc1. The molecule has 1 fully saturated rings. The van der Waals surface area contributed by atoms with Crippen molar-refractivity contribution in [3.63, 3.8) is 0 Å². The third-order valence-corrected chi connectivity index (χ3v) is 6.26. The fraction of sp³-hybridized carbons (Fsp3) is 0.556. The molecule has 1 aromatic carbocycles. The van der Waals surface area contributed by atoms with Crippen LogP contribution in [0.1, 0.15) is 44.0 Å². The number of carbonyl (C=O) groups is 2. The Kier molecular flexibility index (Phi) is 6.77. The number of likely N-dealkylation sites (tertiary alicyclic amines) is 1. The van der Waals surface area contributed by atoms with Crippen LogP contribution >= 0.6 is 0 Å². The maximum absolute atomic E-state index is 12.6. The Hall–Kier alpha value is -1.93. The number of nitrogens with zero attached hydrogens (tertiary/aromatic N) is 2. The summed E-state index contributed by atoms with van der Waals surface area (Å²) in [4.78, 5) is 27.2. The molecule has 144 valence electrons. The number of amides is 2. The van der Waals surface area contributed by atoms with E-state index in [0.29, 0.717) is 44.6 Å². The van der Waals surface area contributed by atoms with Gasteiger partial charge in [-0.3, -0.25) is 9.59 Å². The summed E-state index contributed by atoms with van der Waals surface area (Å²) >= 11 is 0. The van der Waals surface area contributed by atoms with E-state index in [4.69, 9.17) is 0 Å². The molecule has 7 nitrogen and oxygen atoms in total. The number of sulfonamides is 1. The Morgan fingerprint density at radius 2 is 1.65 bits per heavy atom. The average molecular weight is 381 g/mol. The number of hydrogen-bond acceptors (Lipinski definition) is 4. The lowest BCUT2D eigenvalue weighted by atomic mass is 10.1. The van der Waals surface area contributed by atoms with Gasteiger partial charge in [0.1, 0.15) is 0 Å². The van der Waals surface area contributed by atoms with Gasteiger partial charge in [0.25, 0.3) is 5.91 Å². The minimum atomic E-state index is -3.65. The zero-order chi connectivity index (χ0) is 19.3. The molecule has 26 heavy (non-hydrogen) atoms. The van der Waals surface area contributed by atoms with E-state index in [-0.39, 0.29) is 22.8 Å². The van der Waals surface area contributed by atoms with E-state index in [9.17, 15) is 18.0 Å². The molecule has 0 saturated carbocycles. The normalized spacial score (nSPS) is 15.7. The van der Waals surface area contributed by atoms with E-state index in [1.54, 1.807) is 21.9 Å². The number of piperidine rings is 1. The number of benzene rings is 1. The van der Waals surface area contributed by atoms with Crippen molar-refractivity contribution in [2.45, 2.75) is 44.6 Å². The largest absolute Gasteiger partial charge is 0.343 e. The standard InChI is InChI=1S/C18H27N3O4S/c1-4-20(5-2)18(23)15-6-8-17(9-7-15)26(24,25)19-16-10-12-21(13-11-16)14(3)22/h6-9,16,19H,4-5,10-13H2,1-3H3. The lowest BCUT2D eigenvalue weighted by Gasteiger charge is -2.31. The van der Waals surface area contributed by atoms with Crippen molar-refractivity contribution in [3.05, 3.63) is 29.8 Å². The second kappa shape index (κ2) is 8.64. The van der Waals surface area contributed by atoms with E-state index in [0.717, 1.165) is 0 Å². The molecule has 1 aromatic rings. The van der Waals surface area contributed by atoms with Crippen molar-refractivity contribution in [2.75, 3.05) is 26.2 Å². The first-order valence-electron chi connectivity index (χ1n) is 8.95. The first kappa shape index (κ1) is 20.4. The van der Waals surface area contributed by atoms with Gasteiger partial charge in [-0.05, 0) is 51.0 Å². The number of hydrogen-bond donors (Lipinski definition) is 1. The van der Waals surface area contributed by atoms with Gasteiger partial charge < -0.3 is 9.80 Å². The lowest BCUT2D eigenvalue weighted by Crippen LogP contribution is -2.45. The summed E-state index contributed by atoms with van der Waals surface area (Å²) < 4.78 is 27.8. The molecular formula is C18H27N3O4S. The summed E-state index contributed by atoms with van der Waals surface area (Å²) in [6.45, 7) is 7.65. The fourth-order valence-electron chi connectivity index (χ4n) is 3.07. The Balaban J connectivity index is 2.03. The predicted molar refractivity (Wildman–Crippen MR) is 99.3 cm³/mol. The fourth-order valence-corrected chi connectivity index (χ4v) is 4.37. The second-order valence-electron chi connectivity index (χ2n) is 6.40. The molecule has 2 amide bonds. The van der Waals surface area contributed by atoms with Gasteiger partial charge >= 0.3 is 0 Å². The molecule has 0 atom stereocenters. The van der Waals surface area contributed by atoms with Crippen LogP contribution in [0.5, 0.6) is 0 Å². The van der Waals surface area contributed by atoms with Crippen molar-refractivity contribution in [1.29, 1.82) is 0 Å². The Labute approximate surface area is 155 Å². The van der Waals surface area contributed by atoms with Gasteiger partial charge in [-0.25, -0.2) is 13.1 Å². The Bertz CT molecular complexity index is 734. The summed E-state index contributed by atoms with van der Waals surface area (Å²) in [6, 6.07) is 5.84. The molecule has 1 saturated heterocycles. The Morgan fingerprint density at radius 3 is 2.12 bits per heavy atom. The van der Waals surface area contributed by atoms with Crippen LogP contribution in [0, 0.1) is 0 Å². The van der Waals surface area contributed by atoms with Gasteiger partial charge in [0, 0.05) is 44.7 Å². The lowest BCUT2D eigenvalue weighted by molar-refractivity contribution is -0.129. The van der Waals surface area contributed by atoms with E-state index >= 15 is 0 Å². The first-order valence-corrected chi connectivity index (χ1v) is 10.4. The summed E-state index contributed by atoms with van der Waals surface area (Å²) in [5.74, 6) is -0.0942. The number of carbonyl (C=O) groups excluding carboxylic acids is 2. The highest BCUT2D eigenvalue weighted by molar-refractivity contribution is 7.89. The first-order chi connectivity index (χ1) is 12.3. The Morgan fingerprint density at radius 1 is 1.12 bits per heavy atom. The predicted octanol–water partition coefficient (Wildman–Crippen LogP) is 1.46. The maximum Gasteiger partial charge on any atom is 0.253 e. The van der Waals surface area contributed by atoms with E-state index in [1.165, 1.54) is 19.1 Å². The molecule has 1 N–H and O–H groups in total. The van der Waals surface area contributed by atoms with Gasteiger partial charge in [-0.2, -0.15) is 0 Å². The van der Waals surface area contributed by atoms with Crippen molar-refractivity contribution >= 4 is 21.8 Å². The summed E-state index contributed by atoms with van der Waals surface area (Å²) in [6.07, 6.45) is 1.19. The summed E-state index contributed by atoms with van der Waals surface area (Å²) in [7, 11) is -3.65. The number of nitrogens with one attached hydrogen (secondary N) is 1. The molecule has 0 spiro atoms. The van der Waals surface area contributed by atoms with Crippen molar-refractivity contribution < 1.29 is 18.0 Å². The minimum absolute atomic E-state index is 0.0137. The molecule has 1 aliphatic heterocycles. The van der Waals surface area contributed by atoms with Crippen LogP contribution in [-0.2, 0) is 14.8 Å². The molecule has 0 bridgehead atoms. The molecule has 0 aliphatic carbocycles. The van der Waals surface area contributed by atoms with E-state index in [1.807, 2.05) is 13.8 Å².